The first-order chi connectivity index (χ1) is 13.0. The SMILES string of the molecule is CN(Cc1ccc(Cl)cc1Cl)C(=O)/C=C/c1cn(Cc2ccccc2)nn1. The van der Waals surface area contributed by atoms with Gasteiger partial charge in [-0.3, -0.25) is 4.79 Å². The summed E-state index contributed by atoms with van der Waals surface area (Å²) in [5, 5.41) is 9.26. The third-order valence-corrected chi connectivity index (χ3v) is 4.53. The highest BCUT2D eigenvalue weighted by molar-refractivity contribution is 6.35. The van der Waals surface area contributed by atoms with Gasteiger partial charge in [0.1, 0.15) is 5.69 Å². The van der Waals surface area contributed by atoms with Crippen molar-refractivity contribution in [3.8, 4) is 0 Å². The molecule has 0 fully saturated rings. The highest BCUT2D eigenvalue weighted by Gasteiger charge is 2.09. The lowest BCUT2D eigenvalue weighted by molar-refractivity contribution is -0.125. The van der Waals surface area contributed by atoms with Crippen LogP contribution in [0.15, 0.2) is 60.8 Å². The van der Waals surface area contributed by atoms with E-state index in [1.54, 1.807) is 41.0 Å². The molecule has 3 aromatic rings. The number of benzene rings is 2. The normalized spacial score (nSPS) is 11.1. The van der Waals surface area contributed by atoms with Crippen LogP contribution in [0.1, 0.15) is 16.8 Å². The molecule has 0 aliphatic heterocycles. The van der Waals surface area contributed by atoms with Gasteiger partial charge in [-0.1, -0.05) is 64.8 Å². The van der Waals surface area contributed by atoms with Crippen LogP contribution in [0.3, 0.4) is 0 Å². The van der Waals surface area contributed by atoms with E-state index in [2.05, 4.69) is 10.3 Å². The number of rotatable bonds is 6. The van der Waals surface area contributed by atoms with Crippen molar-refractivity contribution < 1.29 is 4.79 Å². The number of nitrogens with zero attached hydrogens (tertiary/aromatic N) is 4. The molecule has 2 aromatic carbocycles. The fraction of sp³-hybridized carbons (Fsp3) is 0.150. The van der Waals surface area contributed by atoms with E-state index in [0.717, 1.165) is 11.1 Å². The predicted molar refractivity (Wildman–Crippen MR) is 108 cm³/mol. The second-order valence-corrected chi connectivity index (χ2v) is 6.93. The van der Waals surface area contributed by atoms with Gasteiger partial charge in [0.15, 0.2) is 0 Å². The predicted octanol–water partition coefficient (Wildman–Crippen LogP) is 4.31. The molecule has 1 amide bonds. The zero-order chi connectivity index (χ0) is 19.2. The van der Waals surface area contributed by atoms with E-state index in [0.29, 0.717) is 28.8 Å². The van der Waals surface area contributed by atoms with E-state index >= 15 is 0 Å². The molecule has 3 rings (SSSR count). The van der Waals surface area contributed by atoms with E-state index in [9.17, 15) is 4.79 Å². The number of amides is 1. The van der Waals surface area contributed by atoms with Gasteiger partial charge in [0.25, 0.3) is 0 Å². The molecule has 0 saturated carbocycles. The van der Waals surface area contributed by atoms with Crippen LogP contribution in [0.2, 0.25) is 10.0 Å². The molecule has 7 heteroatoms. The molecule has 0 N–H and O–H groups in total. The van der Waals surface area contributed by atoms with Gasteiger partial charge in [0.05, 0.1) is 12.7 Å². The Bertz CT molecular complexity index is 954. The molecular formula is C20H18Cl2N4O. The second-order valence-electron chi connectivity index (χ2n) is 6.09. The summed E-state index contributed by atoms with van der Waals surface area (Å²) in [6.45, 7) is 1.02. The topological polar surface area (TPSA) is 51.0 Å². The lowest BCUT2D eigenvalue weighted by Crippen LogP contribution is -2.24. The van der Waals surface area contributed by atoms with Crippen molar-refractivity contribution in [1.82, 2.24) is 19.9 Å². The summed E-state index contributed by atoms with van der Waals surface area (Å²) in [5.74, 6) is -0.154. The van der Waals surface area contributed by atoms with Crippen LogP contribution in [-0.4, -0.2) is 32.8 Å². The zero-order valence-electron chi connectivity index (χ0n) is 14.7. The van der Waals surface area contributed by atoms with Crippen molar-refractivity contribution in [2.24, 2.45) is 0 Å². The molecule has 0 unspecified atom stereocenters. The number of halogens is 2. The average Bonchev–Trinajstić information content (AvgIpc) is 3.10. The van der Waals surface area contributed by atoms with Crippen molar-refractivity contribution in [3.63, 3.8) is 0 Å². The minimum Gasteiger partial charge on any atom is -0.338 e. The monoisotopic (exact) mass is 400 g/mol. The summed E-state index contributed by atoms with van der Waals surface area (Å²) < 4.78 is 1.73. The molecule has 0 spiro atoms. The fourth-order valence-electron chi connectivity index (χ4n) is 2.50. The number of hydrogen-bond donors (Lipinski definition) is 0. The number of aromatic nitrogens is 3. The second kappa shape index (κ2) is 8.84. The highest BCUT2D eigenvalue weighted by atomic mass is 35.5. The van der Waals surface area contributed by atoms with Crippen molar-refractivity contribution in [1.29, 1.82) is 0 Å². The largest absolute Gasteiger partial charge is 0.338 e. The van der Waals surface area contributed by atoms with Crippen molar-refractivity contribution in [2.75, 3.05) is 7.05 Å². The Morgan fingerprint density at radius 3 is 2.70 bits per heavy atom. The van der Waals surface area contributed by atoms with Gasteiger partial charge in [0.2, 0.25) is 5.91 Å². The first kappa shape index (κ1) is 19.1. The lowest BCUT2D eigenvalue weighted by Gasteiger charge is -2.16. The maximum absolute atomic E-state index is 12.3. The van der Waals surface area contributed by atoms with Crippen LogP contribution in [0.5, 0.6) is 0 Å². The van der Waals surface area contributed by atoms with Crippen molar-refractivity contribution in [3.05, 3.63) is 87.7 Å². The van der Waals surface area contributed by atoms with Gasteiger partial charge in [-0.15, -0.1) is 5.10 Å². The molecule has 0 saturated heterocycles. The van der Waals surface area contributed by atoms with E-state index in [4.69, 9.17) is 23.2 Å². The maximum atomic E-state index is 12.3. The smallest absolute Gasteiger partial charge is 0.246 e. The van der Waals surface area contributed by atoms with Crippen LogP contribution in [0.4, 0.5) is 0 Å². The zero-order valence-corrected chi connectivity index (χ0v) is 16.2. The molecule has 0 bridgehead atoms. The Morgan fingerprint density at radius 2 is 1.96 bits per heavy atom. The molecule has 138 valence electrons. The Kier molecular flexibility index (Phi) is 6.27. The van der Waals surface area contributed by atoms with Gasteiger partial charge in [-0.05, 0) is 29.3 Å². The maximum Gasteiger partial charge on any atom is 0.246 e. The fourth-order valence-corrected chi connectivity index (χ4v) is 2.97. The van der Waals surface area contributed by atoms with Gasteiger partial charge in [0, 0.05) is 29.7 Å². The number of likely N-dealkylation sites (N-methyl/N-ethyl adjacent to an activating group) is 1. The number of carbonyl (C=O) groups excluding carboxylic acids is 1. The molecule has 0 atom stereocenters. The molecule has 27 heavy (non-hydrogen) atoms. The Labute approximate surface area is 167 Å². The summed E-state index contributed by atoms with van der Waals surface area (Å²) in [5.41, 5.74) is 2.59. The Hall–Kier alpha value is -2.63. The van der Waals surface area contributed by atoms with E-state index in [1.165, 1.54) is 6.08 Å². The molecule has 5 nitrogen and oxygen atoms in total. The van der Waals surface area contributed by atoms with Crippen LogP contribution in [-0.2, 0) is 17.9 Å². The molecule has 1 aromatic heterocycles. The summed E-state index contributed by atoms with van der Waals surface area (Å²) >= 11 is 12.1. The molecule has 1 heterocycles. The van der Waals surface area contributed by atoms with Gasteiger partial charge in [-0.25, -0.2) is 4.68 Å². The van der Waals surface area contributed by atoms with Gasteiger partial charge < -0.3 is 4.90 Å². The Morgan fingerprint density at radius 1 is 1.19 bits per heavy atom. The van der Waals surface area contributed by atoms with Crippen molar-refractivity contribution >= 4 is 35.2 Å². The number of carbonyl (C=O) groups is 1. The van der Waals surface area contributed by atoms with Crippen LogP contribution >= 0.6 is 23.2 Å². The minimum atomic E-state index is -0.154. The lowest BCUT2D eigenvalue weighted by atomic mass is 10.2. The van der Waals surface area contributed by atoms with Crippen LogP contribution < -0.4 is 0 Å². The van der Waals surface area contributed by atoms with Crippen molar-refractivity contribution in [2.45, 2.75) is 13.1 Å². The van der Waals surface area contributed by atoms with Gasteiger partial charge >= 0.3 is 0 Å². The first-order valence-corrected chi connectivity index (χ1v) is 9.08. The molecular weight excluding hydrogens is 383 g/mol. The molecule has 0 aliphatic carbocycles. The van der Waals surface area contributed by atoms with E-state index in [-0.39, 0.29) is 5.91 Å². The Balaban J connectivity index is 1.59. The summed E-state index contributed by atoms with van der Waals surface area (Å²) in [4.78, 5) is 13.9. The first-order valence-electron chi connectivity index (χ1n) is 8.32. The third kappa shape index (κ3) is 5.42. The standard InChI is InChI=1S/C20H18Cl2N4O/c1-25(13-16-7-8-17(21)11-19(16)22)20(27)10-9-18-14-26(24-23-18)12-15-5-3-2-4-6-15/h2-11,14H,12-13H2,1H3/b10-9+. The van der Waals surface area contributed by atoms with E-state index in [1.807, 2.05) is 36.4 Å². The molecule has 0 radical (unpaired) electrons. The average molecular weight is 401 g/mol. The van der Waals surface area contributed by atoms with Crippen LogP contribution in [0.25, 0.3) is 6.08 Å². The van der Waals surface area contributed by atoms with Crippen LogP contribution in [0, 0.1) is 0 Å². The minimum absolute atomic E-state index is 0.154. The number of hydrogen-bond acceptors (Lipinski definition) is 3. The summed E-state index contributed by atoms with van der Waals surface area (Å²) in [7, 11) is 1.71. The van der Waals surface area contributed by atoms with E-state index < -0.39 is 0 Å². The highest BCUT2D eigenvalue weighted by Crippen LogP contribution is 2.22. The molecule has 0 aliphatic rings. The third-order valence-electron chi connectivity index (χ3n) is 3.94. The quantitative estimate of drug-likeness (QED) is 0.579. The summed E-state index contributed by atoms with van der Waals surface area (Å²) in [6, 6.07) is 15.2. The van der Waals surface area contributed by atoms with Gasteiger partial charge in [-0.2, -0.15) is 0 Å². The summed E-state index contributed by atoms with van der Waals surface area (Å²) in [6.07, 6.45) is 4.92.